The zero-order chi connectivity index (χ0) is 20.9. The molecule has 6 nitrogen and oxygen atoms in total. The highest BCUT2D eigenvalue weighted by molar-refractivity contribution is 5.87. The van der Waals surface area contributed by atoms with E-state index < -0.39 is 23.6 Å². The van der Waals surface area contributed by atoms with E-state index in [0.717, 1.165) is 25.7 Å². The largest absolute Gasteiger partial charge is 0.456 e. The molecule has 0 bridgehead atoms. The average Bonchev–Trinajstić information content (AvgIpc) is 2.67. The van der Waals surface area contributed by atoms with Crippen LogP contribution in [0.1, 0.15) is 72.1 Å². The standard InChI is InChI=1S/C21H40O6/c1-9-11-12-13-14-15-18(27-19(22)17(3)4)20(23-5,16-10-2)21(24-6,25-7)26-8/h18H,3,9-16H2,1-2,4-8H3. The molecular weight excluding hydrogens is 348 g/mol. The first kappa shape index (κ1) is 26.1. The van der Waals surface area contributed by atoms with Crippen LogP contribution in [0.3, 0.4) is 0 Å². The summed E-state index contributed by atoms with van der Waals surface area (Å²) < 4.78 is 28.7. The van der Waals surface area contributed by atoms with E-state index in [0.29, 0.717) is 18.4 Å². The first-order valence-electron chi connectivity index (χ1n) is 9.91. The van der Waals surface area contributed by atoms with Gasteiger partial charge in [0.1, 0.15) is 6.10 Å². The van der Waals surface area contributed by atoms with E-state index in [9.17, 15) is 4.79 Å². The van der Waals surface area contributed by atoms with Crippen LogP contribution >= 0.6 is 0 Å². The number of rotatable bonds is 16. The van der Waals surface area contributed by atoms with E-state index in [4.69, 9.17) is 23.7 Å². The van der Waals surface area contributed by atoms with Gasteiger partial charge in [0.2, 0.25) is 0 Å². The number of hydrogen-bond acceptors (Lipinski definition) is 6. The lowest BCUT2D eigenvalue weighted by Crippen LogP contribution is -2.66. The Balaban J connectivity index is 5.85. The summed E-state index contributed by atoms with van der Waals surface area (Å²) in [6, 6.07) is 0. The Morgan fingerprint density at radius 1 is 0.889 bits per heavy atom. The third kappa shape index (κ3) is 6.56. The average molecular weight is 389 g/mol. The summed E-state index contributed by atoms with van der Waals surface area (Å²) in [5.74, 6) is -1.95. The van der Waals surface area contributed by atoms with Gasteiger partial charge in [0.05, 0.1) is 0 Å². The van der Waals surface area contributed by atoms with Gasteiger partial charge in [0.15, 0.2) is 5.60 Å². The topological polar surface area (TPSA) is 63.2 Å². The monoisotopic (exact) mass is 388 g/mol. The van der Waals surface area contributed by atoms with Crippen LogP contribution in [0.4, 0.5) is 0 Å². The summed E-state index contributed by atoms with van der Waals surface area (Å²) in [7, 11) is 6.06. The van der Waals surface area contributed by atoms with Crippen molar-refractivity contribution in [3.8, 4) is 0 Å². The van der Waals surface area contributed by atoms with Gasteiger partial charge in [-0.05, 0) is 26.2 Å². The van der Waals surface area contributed by atoms with E-state index in [1.54, 1.807) is 14.0 Å². The van der Waals surface area contributed by atoms with Crippen LogP contribution in [0.5, 0.6) is 0 Å². The fourth-order valence-electron chi connectivity index (χ4n) is 3.56. The van der Waals surface area contributed by atoms with Crippen molar-refractivity contribution in [2.45, 2.75) is 89.8 Å². The third-order valence-electron chi connectivity index (χ3n) is 5.00. The number of ether oxygens (including phenoxy) is 5. The molecule has 0 amide bonds. The second-order valence-corrected chi connectivity index (χ2v) is 6.89. The Bertz CT molecular complexity index is 424. The number of carbonyl (C=O) groups excluding carboxylic acids is 1. The Labute approximate surface area is 165 Å². The highest BCUT2D eigenvalue weighted by Crippen LogP contribution is 2.41. The van der Waals surface area contributed by atoms with Crippen LogP contribution in [0.25, 0.3) is 0 Å². The second kappa shape index (κ2) is 13.3. The maximum absolute atomic E-state index is 12.3. The number of hydrogen-bond donors (Lipinski definition) is 0. The van der Waals surface area contributed by atoms with Gasteiger partial charge in [0.25, 0.3) is 0 Å². The van der Waals surface area contributed by atoms with Gasteiger partial charge >= 0.3 is 11.9 Å². The van der Waals surface area contributed by atoms with Gasteiger partial charge in [-0.15, -0.1) is 0 Å². The quantitative estimate of drug-likeness (QED) is 0.166. The number of carbonyl (C=O) groups is 1. The maximum atomic E-state index is 12.3. The van der Waals surface area contributed by atoms with Gasteiger partial charge in [-0.25, -0.2) is 4.79 Å². The van der Waals surface area contributed by atoms with Crippen molar-refractivity contribution in [2.24, 2.45) is 0 Å². The van der Waals surface area contributed by atoms with Gasteiger partial charge in [0, 0.05) is 34.0 Å². The summed E-state index contributed by atoms with van der Waals surface area (Å²) in [5, 5.41) is 0. The highest BCUT2D eigenvalue weighted by atomic mass is 16.9. The summed E-state index contributed by atoms with van der Waals surface area (Å²) in [6.45, 7) is 9.53. The fourth-order valence-corrected chi connectivity index (χ4v) is 3.56. The Kier molecular flexibility index (Phi) is 12.8. The van der Waals surface area contributed by atoms with E-state index in [1.807, 2.05) is 6.92 Å². The molecule has 0 spiro atoms. The number of methoxy groups -OCH3 is 4. The minimum Gasteiger partial charge on any atom is -0.456 e. The van der Waals surface area contributed by atoms with Gasteiger partial charge in [-0.3, -0.25) is 0 Å². The molecule has 0 aromatic heterocycles. The van der Waals surface area contributed by atoms with Crippen LogP contribution in [-0.4, -0.2) is 52.1 Å². The normalized spacial score (nSPS) is 15.2. The fraction of sp³-hybridized carbons (Fsp3) is 0.857. The van der Waals surface area contributed by atoms with E-state index in [2.05, 4.69) is 13.5 Å². The van der Waals surface area contributed by atoms with Crippen molar-refractivity contribution in [1.29, 1.82) is 0 Å². The highest BCUT2D eigenvalue weighted by Gasteiger charge is 2.60. The molecule has 0 heterocycles. The smallest absolute Gasteiger partial charge is 0.333 e. The van der Waals surface area contributed by atoms with Gasteiger partial charge < -0.3 is 23.7 Å². The molecule has 160 valence electrons. The number of unbranched alkanes of at least 4 members (excludes halogenated alkanes) is 4. The predicted octanol–water partition coefficient (Wildman–Crippen LogP) is 4.61. The molecule has 6 heteroatoms. The molecule has 2 unspecified atom stereocenters. The zero-order valence-electron chi connectivity index (χ0n) is 18.4. The van der Waals surface area contributed by atoms with Crippen LogP contribution in [0.15, 0.2) is 12.2 Å². The Morgan fingerprint density at radius 3 is 1.85 bits per heavy atom. The van der Waals surface area contributed by atoms with E-state index in [-0.39, 0.29) is 0 Å². The van der Waals surface area contributed by atoms with Gasteiger partial charge in [-0.1, -0.05) is 52.5 Å². The summed E-state index contributed by atoms with van der Waals surface area (Å²) in [5.41, 5.74) is -0.777. The maximum Gasteiger partial charge on any atom is 0.333 e. The summed E-state index contributed by atoms with van der Waals surface area (Å²) >= 11 is 0. The van der Waals surface area contributed by atoms with Crippen molar-refractivity contribution in [3.63, 3.8) is 0 Å². The SMILES string of the molecule is C=C(C)C(=O)OC(CCCCCCC)C(CCC)(OC)C(OC)(OC)OC. The van der Waals surface area contributed by atoms with Crippen LogP contribution in [-0.2, 0) is 28.5 Å². The molecule has 0 N–H and O–H groups in total. The molecule has 0 fully saturated rings. The van der Waals surface area contributed by atoms with Crippen molar-refractivity contribution < 1.29 is 28.5 Å². The molecule has 27 heavy (non-hydrogen) atoms. The first-order chi connectivity index (χ1) is 12.8. The zero-order valence-corrected chi connectivity index (χ0v) is 18.4. The van der Waals surface area contributed by atoms with Crippen molar-refractivity contribution in [1.82, 2.24) is 0 Å². The molecule has 0 saturated heterocycles. The second-order valence-electron chi connectivity index (χ2n) is 6.89. The van der Waals surface area contributed by atoms with Crippen molar-refractivity contribution in [3.05, 3.63) is 12.2 Å². The van der Waals surface area contributed by atoms with Crippen molar-refractivity contribution in [2.75, 3.05) is 28.4 Å². The molecule has 0 aromatic carbocycles. The lowest BCUT2D eigenvalue weighted by atomic mass is 9.84. The molecule has 0 rings (SSSR count). The molecule has 0 aromatic rings. The van der Waals surface area contributed by atoms with Gasteiger partial charge in [-0.2, -0.15) is 0 Å². The summed E-state index contributed by atoms with van der Waals surface area (Å²) in [6.07, 6.45) is 6.78. The molecule has 2 atom stereocenters. The Morgan fingerprint density at radius 2 is 1.44 bits per heavy atom. The van der Waals surface area contributed by atoms with Crippen LogP contribution in [0.2, 0.25) is 0 Å². The molecule has 0 saturated carbocycles. The molecular formula is C21H40O6. The van der Waals surface area contributed by atoms with Crippen LogP contribution in [0, 0.1) is 0 Å². The van der Waals surface area contributed by atoms with Crippen molar-refractivity contribution >= 4 is 5.97 Å². The molecule has 0 radical (unpaired) electrons. The van der Waals surface area contributed by atoms with E-state index >= 15 is 0 Å². The lowest BCUT2D eigenvalue weighted by Gasteiger charge is -2.49. The van der Waals surface area contributed by atoms with E-state index in [1.165, 1.54) is 34.2 Å². The summed E-state index contributed by atoms with van der Waals surface area (Å²) in [4.78, 5) is 12.3. The molecule has 0 aliphatic carbocycles. The molecule has 0 aliphatic heterocycles. The third-order valence-corrected chi connectivity index (χ3v) is 5.00. The lowest BCUT2D eigenvalue weighted by molar-refractivity contribution is -0.437. The molecule has 0 aliphatic rings. The minimum atomic E-state index is -1.50. The first-order valence-corrected chi connectivity index (χ1v) is 9.91. The number of esters is 1. The minimum absolute atomic E-state index is 0.338. The van der Waals surface area contributed by atoms with Crippen LogP contribution < -0.4 is 0 Å². The Hall–Kier alpha value is -0.950. The predicted molar refractivity (Wildman–Crippen MR) is 106 cm³/mol.